The summed E-state index contributed by atoms with van der Waals surface area (Å²) in [5, 5.41) is 3.27. The first-order valence-electron chi connectivity index (χ1n) is 8.60. The molecule has 1 aromatic rings. The number of rotatable bonds is 5. The van der Waals surface area contributed by atoms with E-state index in [2.05, 4.69) is 32.3 Å². The molecule has 25 heavy (non-hydrogen) atoms. The summed E-state index contributed by atoms with van der Waals surface area (Å²) in [7, 11) is 1.77. The zero-order valence-corrected chi connectivity index (χ0v) is 14.4. The Hall–Kier alpha value is -2.15. The summed E-state index contributed by atoms with van der Waals surface area (Å²) < 4.78 is 31.5. The van der Waals surface area contributed by atoms with Crippen molar-refractivity contribution in [3.8, 4) is 5.75 Å². The summed E-state index contributed by atoms with van der Waals surface area (Å²) in [6.07, 6.45) is 5.56. The number of guanidine groups is 1. The van der Waals surface area contributed by atoms with E-state index in [4.69, 9.17) is 4.74 Å². The predicted octanol–water partition coefficient (Wildman–Crippen LogP) is 1.87. The molecule has 1 atom stereocenters. The molecule has 7 heteroatoms. The summed E-state index contributed by atoms with van der Waals surface area (Å²) in [6.45, 7) is 4.89. The van der Waals surface area contributed by atoms with Crippen LogP contribution in [0.25, 0.3) is 0 Å². The molecule has 0 bridgehead atoms. The standard InChI is InChI=1S/C18H24F2N4O/c1-21-18(24-10-6-14(13-24)23-8-2-3-9-23)22-7-11-25-15-4-5-16(19)17(20)12-15/h2-5,12,14H,6-11,13H2,1H3,(H,21,22). The molecule has 1 unspecified atom stereocenters. The number of ether oxygens (including phenoxy) is 1. The lowest BCUT2D eigenvalue weighted by molar-refractivity contribution is 0.259. The van der Waals surface area contributed by atoms with E-state index in [1.807, 2.05) is 0 Å². The minimum atomic E-state index is -0.902. The van der Waals surface area contributed by atoms with Crippen LogP contribution >= 0.6 is 0 Å². The Kier molecular flexibility index (Phi) is 5.86. The maximum absolute atomic E-state index is 13.1. The lowest BCUT2D eigenvalue weighted by Gasteiger charge is -2.25. The molecule has 0 saturated carbocycles. The highest BCUT2D eigenvalue weighted by molar-refractivity contribution is 5.80. The highest BCUT2D eigenvalue weighted by Crippen LogP contribution is 2.18. The Morgan fingerprint density at radius 2 is 2.08 bits per heavy atom. The molecule has 1 saturated heterocycles. The minimum Gasteiger partial charge on any atom is -0.492 e. The van der Waals surface area contributed by atoms with Crippen molar-refractivity contribution in [1.82, 2.24) is 15.1 Å². The number of nitrogens with one attached hydrogen (secondary N) is 1. The predicted molar refractivity (Wildman–Crippen MR) is 93.9 cm³/mol. The van der Waals surface area contributed by atoms with Crippen LogP contribution in [0, 0.1) is 11.6 Å². The van der Waals surface area contributed by atoms with Crippen LogP contribution in [0.1, 0.15) is 6.42 Å². The molecular weight excluding hydrogens is 326 g/mol. The fourth-order valence-electron chi connectivity index (χ4n) is 3.26. The van der Waals surface area contributed by atoms with Gasteiger partial charge in [-0.05, 0) is 18.6 Å². The van der Waals surface area contributed by atoms with Crippen molar-refractivity contribution in [2.45, 2.75) is 12.5 Å². The molecule has 2 aliphatic heterocycles. The van der Waals surface area contributed by atoms with Gasteiger partial charge in [0, 0.05) is 45.3 Å². The number of aliphatic imine (C=N–C) groups is 1. The van der Waals surface area contributed by atoms with Gasteiger partial charge < -0.3 is 15.0 Å². The number of nitrogens with zero attached hydrogens (tertiary/aromatic N) is 3. The summed E-state index contributed by atoms with van der Waals surface area (Å²) in [6, 6.07) is 4.10. The SMILES string of the molecule is CN=C(NCCOc1ccc(F)c(F)c1)N1CCC(N2CC=CC2)C1. The zero-order chi connectivity index (χ0) is 17.6. The Morgan fingerprint density at radius 3 is 2.80 bits per heavy atom. The number of hydrogen-bond acceptors (Lipinski definition) is 3. The van der Waals surface area contributed by atoms with Gasteiger partial charge in [0.15, 0.2) is 17.6 Å². The van der Waals surface area contributed by atoms with Gasteiger partial charge >= 0.3 is 0 Å². The maximum Gasteiger partial charge on any atom is 0.193 e. The van der Waals surface area contributed by atoms with E-state index in [9.17, 15) is 8.78 Å². The monoisotopic (exact) mass is 350 g/mol. The third kappa shape index (κ3) is 4.48. The zero-order valence-electron chi connectivity index (χ0n) is 14.4. The van der Waals surface area contributed by atoms with Crippen LogP contribution in [0.15, 0.2) is 35.3 Å². The second-order valence-electron chi connectivity index (χ2n) is 6.21. The quantitative estimate of drug-likeness (QED) is 0.381. The molecule has 2 heterocycles. The van der Waals surface area contributed by atoms with Gasteiger partial charge in [0.05, 0.1) is 6.54 Å². The van der Waals surface area contributed by atoms with Gasteiger partial charge in [-0.25, -0.2) is 8.78 Å². The van der Waals surface area contributed by atoms with Crippen molar-refractivity contribution in [3.05, 3.63) is 42.0 Å². The van der Waals surface area contributed by atoms with Gasteiger partial charge in [0.1, 0.15) is 12.4 Å². The third-order valence-electron chi connectivity index (χ3n) is 4.58. The summed E-state index contributed by atoms with van der Waals surface area (Å²) in [5.41, 5.74) is 0. The first kappa shape index (κ1) is 17.7. The van der Waals surface area contributed by atoms with E-state index >= 15 is 0 Å². The maximum atomic E-state index is 13.1. The fraction of sp³-hybridized carbons (Fsp3) is 0.500. The van der Waals surface area contributed by atoms with Crippen molar-refractivity contribution in [2.75, 3.05) is 46.4 Å². The molecule has 0 amide bonds. The topological polar surface area (TPSA) is 40.1 Å². The van der Waals surface area contributed by atoms with Crippen LogP contribution in [0.5, 0.6) is 5.75 Å². The molecule has 0 aromatic heterocycles. The largest absolute Gasteiger partial charge is 0.492 e. The van der Waals surface area contributed by atoms with E-state index in [0.29, 0.717) is 24.9 Å². The Labute approximate surface area is 147 Å². The van der Waals surface area contributed by atoms with Crippen molar-refractivity contribution in [3.63, 3.8) is 0 Å². The van der Waals surface area contributed by atoms with E-state index in [1.54, 1.807) is 7.05 Å². The first-order chi connectivity index (χ1) is 12.2. The van der Waals surface area contributed by atoms with E-state index in [0.717, 1.165) is 50.7 Å². The van der Waals surface area contributed by atoms with Gasteiger partial charge in [-0.15, -0.1) is 0 Å². The molecule has 1 fully saturated rings. The Bertz CT molecular complexity index is 642. The van der Waals surface area contributed by atoms with Crippen molar-refractivity contribution in [1.29, 1.82) is 0 Å². The molecule has 5 nitrogen and oxygen atoms in total. The summed E-state index contributed by atoms with van der Waals surface area (Å²) in [4.78, 5) is 9.06. The second-order valence-corrected chi connectivity index (χ2v) is 6.21. The smallest absolute Gasteiger partial charge is 0.193 e. The number of halogens is 2. The van der Waals surface area contributed by atoms with Crippen LogP contribution in [0.3, 0.4) is 0 Å². The Balaban J connectivity index is 1.41. The molecule has 3 rings (SSSR count). The molecule has 136 valence electrons. The minimum absolute atomic E-state index is 0.318. The highest BCUT2D eigenvalue weighted by Gasteiger charge is 2.29. The molecule has 0 aliphatic carbocycles. The van der Waals surface area contributed by atoms with Gasteiger partial charge in [0.2, 0.25) is 0 Å². The van der Waals surface area contributed by atoms with Crippen LogP contribution in [-0.4, -0.2) is 68.2 Å². The lowest BCUT2D eigenvalue weighted by atomic mass is 10.2. The van der Waals surface area contributed by atoms with Crippen LogP contribution in [0.2, 0.25) is 0 Å². The number of benzene rings is 1. The van der Waals surface area contributed by atoms with Crippen LogP contribution in [-0.2, 0) is 0 Å². The van der Waals surface area contributed by atoms with E-state index < -0.39 is 11.6 Å². The highest BCUT2D eigenvalue weighted by atomic mass is 19.2. The van der Waals surface area contributed by atoms with Crippen LogP contribution in [0.4, 0.5) is 8.78 Å². The average molecular weight is 350 g/mol. The van der Waals surface area contributed by atoms with Crippen molar-refractivity contribution in [2.24, 2.45) is 4.99 Å². The Morgan fingerprint density at radius 1 is 1.28 bits per heavy atom. The molecule has 0 spiro atoms. The van der Waals surface area contributed by atoms with Gasteiger partial charge in [-0.2, -0.15) is 0 Å². The van der Waals surface area contributed by atoms with E-state index in [1.165, 1.54) is 6.07 Å². The summed E-state index contributed by atoms with van der Waals surface area (Å²) >= 11 is 0. The summed E-state index contributed by atoms with van der Waals surface area (Å²) in [5.74, 6) is -0.606. The average Bonchev–Trinajstić information content (AvgIpc) is 3.29. The molecular formula is C18H24F2N4O. The molecule has 1 N–H and O–H groups in total. The van der Waals surface area contributed by atoms with E-state index in [-0.39, 0.29) is 0 Å². The first-order valence-corrected chi connectivity index (χ1v) is 8.60. The normalized spacial score (nSPS) is 21.2. The van der Waals surface area contributed by atoms with Gasteiger partial charge in [0.25, 0.3) is 0 Å². The second kappa shape index (κ2) is 8.29. The number of hydrogen-bond donors (Lipinski definition) is 1. The lowest BCUT2D eigenvalue weighted by Crippen LogP contribution is -2.43. The molecule has 1 aromatic carbocycles. The van der Waals surface area contributed by atoms with Gasteiger partial charge in [-0.3, -0.25) is 9.89 Å². The van der Waals surface area contributed by atoms with Crippen LogP contribution < -0.4 is 10.1 Å². The van der Waals surface area contributed by atoms with Gasteiger partial charge in [-0.1, -0.05) is 12.2 Å². The fourth-order valence-corrected chi connectivity index (χ4v) is 3.26. The van der Waals surface area contributed by atoms with Crippen molar-refractivity contribution >= 4 is 5.96 Å². The number of likely N-dealkylation sites (tertiary alicyclic amines) is 1. The molecule has 0 radical (unpaired) electrons. The third-order valence-corrected chi connectivity index (χ3v) is 4.58. The molecule has 2 aliphatic rings. The van der Waals surface area contributed by atoms with Crippen molar-refractivity contribution < 1.29 is 13.5 Å².